The highest BCUT2D eigenvalue weighted by Crippen LogP contribution is 2.40. The molecule has 0 spiro atoms. The number of amides is 1. The van der Waals surface area contributed by atoms with Crippen LogP contribution in [0.15, 0.2) is 54.1 Å². The molecule has 0 aliphatic carbocycles. The molecule has 2 aliphatic rings. The van der Waals surface area contributed by atoms with Crippen LogP contribution >= 0.6 is 0 Å². The summed E-state index contributed by atoms with van der Waals surface area (Å²) in [5.41, 5.74) is 2.21. The minimum atomic E-state index is -0.650. The molecule has 0 radical (unpaired) electrons. The van der Waals surface area contributed by atoms with Crippen molar-refractivity contribution in [1.82, 2.24) is 9.80 Å². The molecule has 1 amide bonds. The van der Waals surface area contributed by atoms with Gasteiger partial charge >= 0.3 is 0 Å². The lowest BCUT2D eigenvalue weighted by Crippen LogP contribution is -2.38. The summed E-state index contributed by atoms with van der Waals surface area (Å²) < 4.78 is 10.7. The van der Waals surface area contributed by atoms with Crippen LogP contribution in [0.3, 0.4) is 0 Å². The van der Waals surface area contributed by atoms with Crippen LogP contribution in [-0.2, 0) is 14.3 Å². The standard InChI is InChI=1S/C26H30N2O5/c1-18-17-20(32-2)9-10-21(18)24(29)22-23(19-7-4-3-5-8-19)28(26(31)25(22)30)12-6-11-27-13-15-33-16-14-27/h3-5,7-10,17,23,29H,6,11-16H2,1-2H3/b24-22+/t23-/m0/s1. The van der Waals surface area contributed by atoms with Crippen LogP contribution in [0.25, 0.3) is 5.76 Å². The van der Waals surface area contributed by atoms with Crippen molar-refractivity contribution < 1.29 is 24.2 Å². The molecule has 7 nitrogen and oxygen atoms in total. The maximum absolute atomic E-state index is 13.2. The average molecular weight is 451 g/mol. The van der Waals surface area contributed by atoms with E-state index in [4.69, 9.17) is 9.47 Å². The van der Waals surface area contributed by atoms with E-state index in [1.54, 1.807) is 30.2 Å². The van der Waals surface area contributed by atoms with Gasteiger partial charge in [0.2, 0.25) is 0 Å². The number of Topliss-reactive ketones (excluding diaryl/α,β-unsaturated/α-hetero) is 1. The van der Waals surface area contributed by atoms with Crippen LogP contribution in [0.4, 0.5) is 0 Å². The summed E-state index contributed by atoms with van der Waals surface area (Å²) in [4.78, 5) is 30.1. The van der Waals surface area contributed by atoms with E-state index in [0.29, 0.717) is 17.9 Å². The van der Waals surface area contributed by atoms with Gasteiger partial charge in [0.05, 0.1) is 31.9 Å². The van der Waals surface area contributed by atoms with Gasteiger partial charge in [-0.2, -0.15) is 0 Å². The van der Waals surface area contributed by atoms with Crippen LogP contribution in [-0.4, -0.2) is 73.1 Å². The molecule has 33 heavy (non-hydrogen) atoms. The van der Waals surface area contributed by atoms with Gasteiger partial charge in [-0.3, -0.25) is 14.5 Å². The SMILES string of the molecule is COc1ccc(/C(O)=C2\C(=O)C(=O)N(CCCN3CCOCC3)[C@H]2c2ccccc2)c(C)c1. The van der Waals surface area contributed by atoms with Crippen molar-refractivity contribution >= 4 is 17.4 Å². The summed E-state index contributed by atoms with van der Waals surface area (Å²) in [5, 5.41) is 11.2. The molecule has 1 atom stereocenters. The first-order valence-corrected chi connectivity index (χ1v) is 11.3. The molecule has 1 N–H and O–H groups in total. The van der Waals surface area contributed by atoms with E-state index in [1.807, 2.05) is 37.3 Å². The second-order valence-electron chi connectivity index (χ2n) is 8.39. The Morgan fingerprint density at radius 1 is 1.09 bits per heavy atom. The van der Waals surface area contributed by atoms with Crippen molar-refractivity contribution in [2.24, 2.45) is 0 Å². The third kappa shape index (κ3) is 4.79. The predicted octanol–water partition coefficient (Wildman–Crippen LogP) is 3.15. The van der Waals surface area contributed by atoms with E-state index < -0.39 is 17.7 Å². The fraction of sp³-hybridized carbons (Fsp3) is 0.385. The first-order valence-electron chi connectivity index (χ1n) is 11.3. The summed E-state index contributed by atoms with van der Waals surface area (Å²) >= 11 is 0. The molecule has 0 bridgehead atoms. The normalized spacial score (nSPS) is 20.9. The summed E-state index contributed by atoms with van der Waals surface area (Å²) in [6.45, 7) is 6.28. The molecule has 4 rings (SSSR count). The first-order chi connectivity index (χ1) is 16.0. The van der Waals surface area contributed by atoms with Crippen LogP contribution in [0.5, 0.6) is 5.75 Å². The Balaban J connectivity index is 1.67. The van der Waals surface area contributed by atoms with Gasteiger partial charge in [-0.25, -0.2) is 0 Å². The Kier molecular flexibility index (Phi) is 7.11. The lowest BCUT2D eigenvalue weighted by atomic mass is 9.94. The van der Waals surface area contributed by atoms with Crippen molar-refractivity contribution in [1.29, 1.82) is 0 Å². The number of aryl methyl sites for hydroxylation is 1. The molecule has 7 heteroatoms. The van der Waals surface area contributed by atoms with Crippen LogP contribution in [0.1, 0.15) is 29.2 Å². The first kappa shape index (κ1) is 23.0. The van der Waals surface area contributed by atoms with Crippen molar-refractivity contribution in [3.63, 3.8) is 0 Å². The van der Waals surface area contributed by atoms with E-state index in [2.05, 4.69) is 4.90 Å². The molecule has 0 saturated carbocycles. The summed E-state index contributed by atoms with van der Waals surface area (Å²) in [5.74, 6) is -0.716. The molecule has 2 saturated heterocycles. The number of rotatable bonds is 7. The number of methoxy groups -OCH3 is 1. The molecule has 2 aromatic carbocycles. The minimum Gasteiger partial charge on any atom is -0.507 e. The smallest absolute Gasteiger partial charge is 0.295 e. The Hall–Kier alpha value is -3.16. The van der Waals surface area contributed by atoms with Crippen molar-refractivity contribution in [2.75, 3.05) is 46.5 Å². The number of likely N-dealkylation sites (tertiary alicyclic amines) is 1. The number of morpholine rings is 1. The molecule has 2 heterocycles. The Labute approximate surface area is 194 Å². The summed E-state index contributed by atoms with van der Waals surface area (Å²) in [7, 11) is 1.58. The number of aliphatic hydroxyl groups is 1. The molecular formula is C26H30N2O5. The number of nitrogens with zero attached hydrogens (tertiary/aromatic N) is 2. The van der Waals surface area contributed by atoms with E-state index in [0.717, 1.165) is 50.4 Å². The van der Waals surface area contributed by atoms with E-state index in [1.165, 1.54) is 0 Å². The third-order valence-corrected chi connectivity index (χ3v) is 6.32. The van der Waals surface area contributed by atoms with Crippen LogP contribution < -0.4 is 4.74 Å². The predicted molar refractivity (Wildman–Crippen MR) is 125 cm³/mol. The molecule has 2 aromatic rings. The fourth-order valence-corrected chi connectivity index (χ4v) is 4.56. The average Bonchev–Trinajstić information content (AvgIpc) is 3.10. The minimum absolute atomic E-state index is 0.130. The van der Waals surface area contributed by atoms with Gasteiger partial charge < -0.3 is 19.5 Å². The van der Waals surface area contributed by atoms with Gasteiger partial charge in [-0.05, 0) is 42.7 Å². The summed E-state index contributed by atoms with van der Waals surface area (Å²) in [6.07, 6.45) is 0.734. The fourth-order valence-electron chi connectivity index (χ4n) is 4.56. The van der Waals surface area contributed by atoms with E-state index >= 15 is 0 Å². The van der Waals surface area contributed by atoms with Gasteiger partial charge in [0, 0.05) is 31.7 Å². The topological polar surface area (TPSA) is 79.3 Å². The van der Waals surface area contributed by atoms with Gasteiger partial charge in [0.15, 0.2) is 0 Å². The van der Waals surface area contributed by atoms with Gasteiger partial charge in [0.25, 0.3) is 11.7 Å². The second-order valence-corrected chi connectivity index (χ2v) is 8.39. The second kappa shape index (κ2) is 10.2. The number of aliphatic hydroxyl groups excluding tert-OH is 1. The molecule has 2 aliphatic heterocycles. The number of carbonyl (C=O) groups is 2. The zero-order chi connectivity index (χ0) is 23.4. The van der Waals surface area contributed by atoms with Gasteiger partial charge in [0.1, 0.15) is 11.5 Å². The van der Waals surface area contributed by atoms with Crippen molar-refractivity contribution in [2.45, 2.75) is 19.4 Å². The Morgan fingerprint density at radius 3 is 2.48 bits per heavy atom. The number of ketones is 1. The quantitative estimate of drug-likeness (QED) is 0.397. The van der Waals surface area contributed by atoms with E-state index in [-0.39, 0.29) is 11.3 Å². The number of hydrogen-bond donors (Lipinski definition) is 1. The molecule has 0 aromatic heterocycles. The maximum atomic E-state index is 13.2. The highest BCUT2D eigenvalue weighted by Gasteiger charge is 2.45. The monoisotopic (exact) mass is 450 g/mol. The number of carbonyl (C=O) groups excluding carboxylic acids is 2. The highest BCUT2D eigenvalue weighted by atomic mass is 16.5. The molecule has 2 fully saturated rings. The number of benzene rings is 2. The zero-order valence-electron chi connectivity index (χ0n) is 19.1. The van der Waals surface area contributed by atoms with Crippen molar-refractivity contribution in [3.8, 4) is 5.75 Å². The summed E-state index contributed by atoms with van der Waals surface area (Å²) in [6, 6.07) is 14.0. The number of hydrogen-bond acceptors (Lipinski definition) is 6. The van der Waals surface area contributed by atoms with Crippen molar-refractivity contribution in [3.05, 3.63) is 70.8 Å². The third-order valence-electron chi connectivity index (χ3n) is 6.32. The molecular weight excluding hydrogens is 420 g/mol. The largest absolute Gasteiger partial charge is 0.507 e. The molecule has 0 unspecified atom stereocenters. The molecule has 174 valence electrons. The van der Waals surface area contributed by atoms with E-state index in [9.17, 15) is 14.7 Å². The lowest BCUT2D eigenvalue weighted by Gasteiger charge is -2.29. The maximum Gasteiger partial charge on any atom is 0.295 e. The van der Waals surface area contributed by atoms with Crippen LogP contribution in [0.2, 0.25) is 0 Å². The van der Waals surface area contributed by atoms with Gasteiger partial charge in [-0.15, -0.1) is 0 Å². The Morgan fingerprint density at radius 2 is 1.82 bits per heavy atom. The lowest BCUT2D eigenvalue weighted by molar-refractivity contribution is -0.140. The zero-order valence-corrected chi connectivity index (χ0v) is 19.1. The van der Waals surface area contributed by atoms with Crippen LogP contribution in [0, 0.1) is 6.92 Å². The van der Waals surface area contributed by atoms with Gasteiger partial charge in [-0.1, -0.05) is 30.3 Å². The number of ether oxygens (including phenoxy) is 2. The Bertz CT molecular complexity index is 1040. The highest BCUT2D eigenvalue weighted by molar-refractivity contribution is 6.46.